The van der Waals surface area contributed by atoms with Crippen molar-refractivity contribution in [1.82, 2.24) is 0 Å². The molecule has 0 aromatic carbocycles. The van der Waals surface area contributed by atoms with E-state index in [1.807, 2.05) is 0 Å². The van der Waals surface area contributed by atoms with Gasteiger partial charge >= 0.3 is 78.9 Å². The van der Waals surface area contributed by atoms with Crippen LogP contribution in [-0.2, 0) is 4.79 Å². The molecule has 1 rings (SSSR count). The first-order chi connectivity index (χ1) is 5.50. The van der Waals surface area contributed by atoms with Gasteiger partial charge in [0.1, 0.15) is 0 Å². The number of hydrogen-bond acceptors (Lipinski definition) is 1. The molecule has 1 aliphatic carbocycles. The molecule has 0 spiro atoms. The fourth-order valence-corrected chi connectivity index (χ4v) is 3.47. The van der Waals surface area contributed by atoms with Crippen molar-refractivity contribution in [2.24, 2.45) is 5.92 Å². The van der Waals surface area contributed by atoms with E-state index in [0.717, 1.165) is 6.42 Å². The zero-order chi connectivity index (χ0) is 9.19. The van der Waals surface area contributed by atoms with Crippen molar-refractivity contribution in [3.63, 3.8) is 0 Å². The summed E-state index contributed by atoms with van der Waals surface area (Å²) in [5.74, 6) is 0.710. The molecule has 1 saturated carbocycles. The molecule has 0 radical (unpaired) electrons. The Balaban J connectivity index is 2.40. The maximum absolute atomic E-state index is 11.6. The Morgan fingerprint density at radius 1 is 1.42 bits per heavy atom. The van der Waals surface area contributed by atoms with Gasteiger partial charge in [-0.2, -0.15) is 0 Å². The molecule has 1 fully saturated rings. The molecule has 0 atom stereocenters. The van der Waals surface area contributed by atoms with Gasteiger partial charge in [0.25, 0.3) is 0 Å². The molecule has 0 heterocycles. The summed E-state index contributed by atoms with van der Waals surface area (Å²) in [6.45, 7) is 0. The van der Waals surface area contributed by atoms with Crippen LogP contribution in [0, 0.1) is 5.92 Å². The first-order valence-electron chi connectivity index (χ1n) is 4.49. The van der Waals surface area contributed by atoms with Crippen molar-refractivity contribution in [2.75, 3.05) is 9.86 Å². The van der Waals surface area contributed by atoms with E-state index in [2.05, 4.69) is 14.4 Å². The van der Waals surface area contributed by atoms with Gasteiger partial charge in [0.15, 0.2) is 0 Å². The van der Waals surface area contributed by atoms with Crippen LogP contribution in [0.5, 0.6) is 0 Å². The second-order valence-corrected chi connectivity index (χ2v) is 13.5. The van der Waals surface area contributed by atoms with Crippen molar-refractivity contribution in [1.29, 1.82) is 0 Å². The van der Waals surface area contributed by atoms with Crippen LogP contribution in [0.15, 0.2) is 0 Å². The van der Waals surface area contributed by atoms with Crippen molar-refractivity contribution >= 4 is 26.3 Å². The molecule has 2 heteroatoms. The Kier molecular flexibility index (Phi) is 3.44. The number of rotatable bonds is 3. The van der Waals surface area contributed by atoms with E-state index in [9.17, 15) is 4.79 Å². The zero-order valence-corrected chi connectivity index (χ0v) is 10.3. The minimum atomic E-state index is -2.12. The monoisotopic (exact) mass is 282 g/mol. The van der Waals surface area contributed by atoms with Crippen molar-refractivity contribution in [3.05, 3.63) is 0 Å². The summed E-state index contributed by atoms with van der Waals surface area (Å²) in [6.07, 6.45) is 6.07. The van der Waals surface area contributed by atoms with Gasteiger partial charge in [-0.1, -0.05) is 0 Å². The van der Waals surface area contributed by atoms with Crippen molar-refractivity contribution < 1.29 is 4.79 Å². The number of halogens is 1. The fourth-order valence-electron chi connectivity index (χ4n) is 1.65. The molecular weight excluding hydrogens is 263 g/mol. The second kappa shape index (κ2) is 3.99. The Hall–Kier alpha value is 0.270. The molecular formula is C10H19IO. The van der Waals surface area contributed by atoms with Gasteiger partial charge < -0.3 is 0 Å². The van der Waals surface area contributed by atoms with E-state index in [4.69, 9.17) is 0 Å². The van der Waals surface area contributed by atoms with Crippen molar-refractivity contribution in [3.8, 4) is 0 Å². The molecule has 1 aliphatic rings. The van der Waals surface area contributed by atoms with Crippen LogP contribution in [0.3, 0.4) is 0 Å². The fraction of sp³-hybridized carbons (Fsp3) is 0.800. The van der Waals surface area contributed by atoms with E-state index in [-0.39, 0.29) is 0 Å². The van der Waals surface area contributed by atoms with Gasteiger partial charge in [-0.05, 0) is 0 Å². The molecule has 0 saturated heterocycles. The minimum absolute atomic E-state index is 0.508. The quantitative estimate of drug-likeness (QED) is 0.442. The van der Waals surface area contributed by atoms with Crippen LogP contribution < -0.4 is 0 Å². The summed E-state index contributed by atoms with van der Waals surface area (Å²) in [7, 11) is 0. The molecule has 12 heavy (non-hydrogen) atoms. The number of alkyl halides is 2. The van der Waals surface area contributed by atoms with Gasteiger partial charge in [-0.3, -0.25) is 0 Å². The van der Waals surface area contributed by atoms with E-state index >= 15 is 0 Å². The SMILES string of the molecule is C=I(C)(C)C(=O)CC1CCCC1. The summed E-state index contributed by atoms with van der Waals surface area (Å²) in [5, 5.41) is 0. The predicted octanol–water partition coefficient (Wildman–Crippen LogP) is 2.83. The Morgan fingerprint density at radius 2 is 1.92 bits per heavy atom. The van der Waals surface area contributed by atoms with Crippen LogP contribution in [0.2, 0.25) is 0 Å². The van der Waals surface area contributed by atoms with Gasteiger partial charge in [0, 0.05) is 0 Å². The topological polar surface area (TPSA) is 17.1 Å². The molecule has 1 nitrogen and oxygen atoms in total. The average molecular weight is 282 g/mol. The summed E-state index contributed by atoms with van der Waals surface area (Å²) >= 11 is -2.12. The first-order valence-corrected chi connectivity index (χ1v) is 11.4. The van der Waals surface area contributed by atoms with E-state index in [1.54, 1.807) is 0 Å². The molecule has 0 aromatic rings. The first kappa shape index (κ1) is 10.4. The molecule has 72 valence electrons. The van der Waals surface area contributed by atoms with Crippen LogP contribution in [0.1, 0.15) is 32.1 Å². The Morgan fingerprint density at radius 3 is 2.33 bits per heavy atom. The van der Waals surface area contributed by atoms with E-state index in [0.29, 0.717) is 9.71 Å². The van der Waals surface area contributed by atoms with E-state index in [1.165, 1.54) is 25.7 Å². The number of hydrogen-bond donors (Lipinski definition) is 0. The van der Waals surface area contributed by atoms with Crippen molar-refractivity contribution in [2.45, 2.75) is 32.1 Å². The number of carbonyl (C=O) groups is 1. The predicted molar refractivity (Wildman–Crippen MR) is 64.6 cm³/mol. The average Bonchev–Trinajstić information content (AvgIpc) is 2.37. The number of carbonyl (C=O) groups excluding carboxylic acids is 1. The van der Waals surface area contributed by atoms with Crippen LogP contribution >= 0.6 is 18.0 Å². The summed E-state index contributed by atoms with van der Waals surface area (Å²) < 4.78 is 4.55. The second-order valence-electron chi connectivity index (χ2n) is 4.13. The maximum atomic E-state index is 11.6. The Bertz CT molecular complexity index is 208. The van der Waals surface area contributed by atoms with E-state index < -0.39 is 18.0 Å². The molecule has 0 unspecified atom stereocenters. The van der Waals surface area contributed by atoms with Crippen LogP contribution in [0.4, 0.5) is 0 Å². The standard InChI is InChI=1S/C10H19IO/c1-11(2,3)10(12)8-9-6-4-5-7-9/h9H,1,4-8H2,2-3H3. The molecule has 0 aromatic heterocycles. The normalized spacial score (nSPS) is 21.2. The third kappa shape index (κ3) is 2.96. The zero-order valence-electron chi connectivity index (χ0n) is 8.11. The molecule has 0 aliphatic heterocycles. The summed E-state index contributed by atoms with van der Waals surface area (Å²) in [4.78, 5) is 15.8. The third-order valence-corrected chi connectivity index (χ3v) is 6.19. The van der Waals surface area contributed by atoms with Gasteiger partial charge in [0.05, 0.1) is 0 Å². The molecule has 0 N–H and O–H groups in total. The summed E-state index contributed by atoms with van der Waals surface area (Å²) in [5.41, 5.74) is 0. The molecule has 0 bridgehead atoms. The van der Waals surface area contributed by atoms with Gasteiger partial charge in [-0.15, -0.1) is 0 Å². The van der Waals surface area contributed by atoms with Crippen LogP contribution in [-0.4, -0.2) is 18.2 Å². The third-order valence-electron chi connectivity index (χ3n) is 2.49. The summed E-state index contributed by atoms with van der Waals surface area (Å²) in [6, 6.07) is 0. The molecule has 0 amide bonds. The Labute approximate surface area is 78.9 Å². The van der Waals surface area contributed by atoms with Gasteiger partial charge in [0.2, 0.25) is 0 Å². The van der Waals surface area contributed by atoms with Gasteiger partial charge in [-0.25, -0.2) is 0 Å². The van der Waals surface area contributed by atoms with Crippen LogP contribution in [0.25, 0.3) is 0 Å².